The Hall–Kier alpha value is -0.0800. The van der Waals surface area contributed by atoms with E-state index in [1.54, 1.807) is 0 Å². The van der Waals surface area contributed by atoms with Crippen LogP contribution in [0.3, 0.4) is 0 Å². The normalized spacial score (nSPS) is 29.4. The van der Waals surface area contributed by atoms with Crippen LogP contribution in [0.2, 0.25) is 0 Å². The maximum absolute atomic E-state index is 9.88. The van der Waals surface area contributed by atoms with Crippen LogP contribution in [-0.4, -0.2) is 36.2 Å². The Balaban J connectivity index is 2.26. The maximum Gasteiger partial charge on any atom is 0.0580 e. The smallest absolute Gasteiger partial charge is 0.0580 e. The van der Waals surface area contributed by atoms with E-state index in [1.807, 2.05) is 0 Å². The topological polar surface area (TPSA) is 23.5 Å². The van der Waals surface area contributed by atoms with Crippen molar-refractivity contribution in [3.8, 4) is 0 Å². The van der Waals surface area contributed by atoms with E-state index in [1.165, 1.54) is 32.2 Å². The maximum atomic E-state index is 9.88. The highest BCUT2D eigenvalue weighted by Crippen LogP contribution is 2.25. The van der Waals surface area contributed by atoms with Crippen LogP contribution in [0, 0.1) is 11.8 Å². The molecule has 0 spiro atoms. The number of rotatable bonds is 5. The molecule has 90 valence electrons. The molecule has 2 heteroatoms. The van der Waals surface area contributed by atoms with Crippen LogP contribution in [-0.2, 0) is 0 Å². The zero-order valence-electron chi connectivity index (χ0n) is 10.6. The Labute approximate surface area is 94.7 Å². The summed E-state index contributed by atoms with van der Waals surface area (Å²) < 4.78 is 0. The molecule has 1 aliphatic carbocycles. The molecule has 0 bridgehead atoms. The number of nitrogens with zero attached hydrogens (tertiary/aromatic N) is 1. The summed E-state index contributed by atoms with van der Waals surface area (Å²) in [6.07, 6.45) is 5.95. The van der Waals surface area contributed by atoms with Crippen molar-refractivity contribution in [1.29, 1.82) is 0 Å². The van der Waals surface area contributed by atoms with E-state index in [0.29, 0.717) is 5.92 Å². The first kappa shape index (κ1) is 13.0. The van der Waals surface area contributed by atoms with Crippen LogP contribution in [0.15, 0.2) is 0 Å². The largest absolute Gasteiger partial charge is 0.393 e. The van der Waals surface area contributed by atoms with E-state index in [0.717, 1.165) is 18.9 Å². The van der Waals surface area contributed by atoms with Crippen LogP contribution in [0.5, 0.6) is 0 Å². The standard InChI is InChI=1S/C13H27NO/c1-4-11(2)9-14(3)10-12-7-5-6-8-13(12)15/h11-13,15H,4-10H2,1-3H3. The lowest BCUT2D eigenvalue weighted by molar-refractivity contribution is 0.0491. The second kappa shape index (κ2) is 6.49. The molecule has 1 fully saturated rings. The van der Waals surface area contributed by atoms with Gasteiger partial charge in [-0.3, -0.25) is 0 Å². The lowest BCUT2D eigenvalue weighted by Gasteiger charge is -2.32. The van der Waals surface area contributed by atoms with Gasteiger partial charge >= 0.3 is 0 Å². The van der Waals surface area contributed by atoms with Crippen molar-refractivity contribution >= 4 is 0 Å². The summed E-state index contributed by atoms with van der Waals surface area (Å²) >= 11 is 0. The van der Waals surface area contributed by atoms with Crippen molar-refractivity contribution < 1.29 is 5.11 Å². The molecule has 3 atom stereocenters. The first-order chi connectivity index (χ1) is 7.13. The Morgan fingerprint density at radius 3 is 2.60 bits per heavy atom. The van der Waals surface area contributed by atoms with Crippen molar-refractivity contribution in [2.45, 2.75) is 52.1 Å². The Morgan fingerprint density at radius 2 is 2.00 bits per heavy atom. The van der Waals surface area contributed by atoms with Gasteiger partial charge in [0.15, 0.2) is 0 Å². The fourth-order valence-electron chi connectivity index (χ4n) is 2.54. The first-order valence-electron chi connectivity index (χ1n) is 6.50. The second-order valence-corrected chi connectivity index (χ2v) is 5.35. The second-order valence-electron chi connectivity index (χ2n) is 5.35. The number of hydrogen-bond acceptors (Lipinski definition) is 2. The molecule has 0 radical (unpaired) electrons. The van der Waals surface area contributed by atoms with Crippen molar-refractivity contribution in [3.63, 3.8) is 0 Å². The minimum absolute atomic E-state index is 0.0434. The summed E-state index contributed by atoms with van der Waals surface area (Å²) in [5, 5.41) is 9.88. The van der Waals surface area contributed by atoms with E-state index in [-0.39, 0.29) is 6.10 Å². The van der Waals surface area contributed by atoms with Gasteiger partial charge in [0.05, 0.1) is 6.10 Å². The Kier molecular flexibility index (Phi) is 5.62. The fraction of sp³-hybridized carbons (Fsp3) is 1.00. The van der Waals surface area contributed by atoms with Crippen LogP contribution >= 0.6 is 0 Å². The van der Waals surface area contributed by atoms with Gasteiger partial charge in [-0.25, -0.2) is 0 Å². The molecule has 0 aromatic rings. The number of aliphatic hydroxyl groups is 1. The van der Waals surface area contributed by atoms with Crippen LogP contribution in [0.25, 0.3) is 0 Å². The minimum Gasteiger partial charge on any atom is -0.393 e. The van der Waals surface area contributed by atoms with E-state index in [4.69, 9.17) is 0 Å². The summed E-state index contributed by atoms with van der Waals surface area (Å²) in [6, 6.07) is 0. The molecule has 0 aliphatic heterocycles. The van der Waals surface area contributed by atoms with E-state index < -0.39 is 0 Å². The molecule has 0 aromatic carbocycles. The van der Waals surface area contributed by atoms with E-state index in [2.05, 4.69) is 25.8 Å². The summed E-state index contributed by atoms with van der Waals surface area (Å²) in [5.74, 6) is 1.29. The number of hydrogen-bond donors (Lipinski definition) is 1. The molecular weight excluding hydrogens is 186 g/mol. The zero-order valence-corrected chi connectivity index (χ0v) is 10.6. The third-order valence-electron chi connectivity index (χ3n) is 3.74. The van der Waals surface area contributed by atoms with Gasteiger partial charge in [-0.1, -0.05) is 33.1 Å². The molecule has 0 saturated heterocycles. The Morgan fingerprint density at radius 1 is 1.33 bits per heavy atom. The summed E-state index contributed by atoms with van der Waals surface area (Å²) in [4.78, 5) is 2.40. The molecular formula is C13H27NO. The van der Waals surface area contributed by atoms with Gasteiger partial charge < -0.3 is 10.0 Å². The molecule has 3 unspecified atom stereocenters. The van der Waals surface area contributed by atoms with Gasteiger partial charge in [0, 0.05) is 13.1 Å². The Bertz CT molecular complexity index is 172. The van der Waals surface area contributed by atoms with Gasteiger partial charge in [-0.05, 0) is 31.7 Å². The molecule has 0 aromatic heterocycles. The van der Waals surface area contributed by atoms with Crippen LogP contribution in [0.1, 0.15) is 46.0 Å². The highest BCUT2D eigenvalue weighted by atomic mass is 16.3. The van der Waals surface area contributed by atoms with Crippen molar-refractivity contribution in [2.75, 3.05) is 20.1 Å². The summed E-state index contributed by atoms with van der Waals surface area (Å²) in [6.45, 7) is 6.78. The van der Waals surface area contributed by atoms with Crippen molar-refractivity contribution in [3.05, 3.63) is 0 Å². The molecule has 0 heterocycles. The van der Waals surface area contributed by atoms with Crippen LogP contribution < -0.4 is 0 Å². The third kappa shape index (κ3) is 4.52. The predicted molar refractivity (Wildman–Crippen MR) is 64.9 cm³/mol. The number of aliphatic hydroxyl groups excluding tert-OH is 1. The van der Waals surface area contributed by atoms with Gasteiger partial charge in [0.2, 0.25) is 0 Å². The molecule has 2 nitrogen and oxygen atoms in total. The van der Waals surface area contributed by atoms with Gasteiger partial charge in [-0.15, -0.1) is 0 Å². The first-order valence-corrected chi connectivity index (χ1v) is 6.50. The average molecular weight is 213 g/mol. The quantitative estimate of drug-likeness (QED) is 0.758. The fourth-order valence-corrected chi connectivity index (χ4v) is 2.54. The van der Waals surface area contributed by atoms with Gasteiger partial charge in [-0.2, -0.15) is 0 Å². The van der Waals surface area contributed by atoms with Crippen LogP contribution in [0.4, 0.5) is 0 Å². The van der Waals surface area contributed by atoms with E-state index >= 15 is 0 Å². The molecule has 1 rings (SSSR count). The lowest BCUT2D eigenvalue weighted by Crippen LogP contribution is -2.36. The highest BCUT2D eigenvalue weighted by molar-refractivity contribution is 4.77. The summed E-state index contributed by atoms with van der Waals surface area (Å²) in [7, 11) is 2.19. The third-order valence-corrected chi connectivity index (χ3v) is 3.74. The SMILES string of the molecule is CCC(C)CN(C)CC1CCCCC1O. The zero-order chi connectivity index (χ0) is 11.3. The molecule has 1 saturated carbocycles. The molecule has 1 aliphatic rings. The van der Waals surface area contributed by atoms with E-state index in [9.17, 15) is 5.11 Å². The predicted octanol–water partition coefficient (Wildman–Crippen LogP) is 2.52. The average Bonchev–Trinajstić information content (AvgIpc) is 2.21. The van der Waals surface area contributed by atoms with Gasteiger partial charge in [0.25, 0.3) is 0 Å². The highest BCUT2D eigenvalue weighted by Gasteiger charge is 2.24. The van der Waals surface area contributed by atoms with Crippen molar-refractivity contribution in [2.24, 2.45) is 11.8 Å². The van der Waals surface area contributed by atoms with Gasteiger partial charge in [0.1, 0.15) is 0 Å². The summed E-state index contributed by atoms with van der Waals surface area (Å²) in [5.41, 5.74) is 0. The molecule has 1 N–H and O–H groups in total. The van der Waals surface area contributed by atoms with Crippen molar-refractivity contribution in [1.82, 2.24) is 4.90 Å². The monoisotopic (exact) mass is 213 g/mol. The minimum atomic E-state index is -0.0434. The lowest BCUT2D eigenvalue weighted by atomic mass is 9.86. The molecule has 0 amide bonds. The molecule has 15 heavy (non-hydrogen) atoms.